The molecule has 30 heavy (non-hydrogen) atoms. The van der Waals surface area contributed by atoms with Gasteiger partial charge < -0.3 is 14.8 Å². The Balaban J connectivity index is 1.47. The van der Waals surface area contributed by atoms with Crippen molar-refractivity contribution in [1.29, 1.82) is 0 Å². The van der Waals surface area contributed by atoms with Crippen LogP contribution in [0.1, 0.15) is 34.5 Å². The maximum Gasteiger partial charge on any atom is 0.251 e. The van der Waals surface area contributed by atoms with Crippen LogP contribution in [0.4, 0.5) is 0 Å². The summed E-state index contributed by atoms with van der Waals surface area (Å²) in [4.78, 5) is 16.7. The van der Waals surface area contributed by atoms with Crippen molar-refractivity contribution in [2.24, 2.45) is 0 Å². The molecule has 0 saturated heterocycles. The molecule has 0 saturated carbocycles. The maximum absolute atomic E-state index is 12.6. The van der Waals surface area contributed by atoms with Gasteiger partial charge in [-0.25, -0.2) is 0 Å². The lowest BCUT2D eigenvalue weighted by Crippen LogP contribution is -2.28. The standard InChI is InChI=1S/C23H26N4O3/c1-29-20-8-7-17(15-21(20)30-2)23(28)25-13-14-27-19-6-4-3-5-18(19)22(26-27)16-9-11-24-12-10-16/h7-12,15H,3-6,13-14H2,1-2H3,(H,25,28). The molecule has 3 aromatic rings. The van der Waals surface area contributed by atoms with Crippen LogP contribution in [0.25, 0.3) is 11.3 Å². The Morgan fingerprint density at radius 3 is 2.60 bits per heavy atom. The molecule has 1 amide bonds. The predicted molar refractivity (Wildman–Crippen MR) is 114 cm³/mol. The molecule has 0 unspecified atom stereocenters. The van der Waals surface area contributed by atoms with Gasteiger partial charge in [0.1, 0.15) is 0 Å². The van der Waals surface area contributed by atoms with E-state index in [0.717, 1.165) is 24.1 Å². The van der Waals surface area contributed by atoms with Crippen molar-refractivity contribution in [3.8, 4) is 22.8 Å². The van der Waals surface area contributed by atoms with Gasteiger partial charge in [0.15, 0.2) is 11.5 Å². The number of hydrogen-bond acceptors (Lipinski definition) is 5. The van der Waals surface area contributed by atoms with Crippen LogP contribution in [-0.2, 0) is 19.4 Å². The Kier molecular flexibility index (Phi) is 5.97. The molecule has 4 rings (SSSR count). The summed E-state index contributed by atoms with van der Waals surface area (Å²) in [5, 5.41) is 7.87. The fourth-order valence-electron chi connectivity index (χ4n) is 3.95. The van der Waals surface area contributed by atoms with Crippen molar-refractivity contribution in [2.75, 3.05) is 20.8 Å². The molecule has 1 aromatic carbocycles. The number of aromatic nitrogens is 3. The first-order valence-corrected chi connectivity index (χ1v) is 10.2. The summed E-state index contributed by atoms with van der Waals surface area (Å²) in [5.74, 6) is 0.987. The number of hydrogen-bond donors (Lipinski definition) is 1. The number of carbonyl (C=O) groups is 1. The number of carbonyl (C=O) groups excluding carboxylic acids is 1. The summed E-state index contributed by atoms with van der Waals surface area (Å²) in [6.07, 6.45) is 8.03. The number of methoxy groups -OCH3 is 2. The van der Waals surface area contributed by atoms with E-state index < -0.39 is 0 Å². The van der Waals surface area contributed by atoms with Gasteiger partial charge in [-0.3, -0.25) is 14.5 Å². The SMILES string of the molecule is COc1ccc(C(=O)NCCn2nc(-c3ccncc3)c3c2CCCC3)cc1OC. The summed E-state index contributed by atoms with van der Waals surface area (Å²) < 4.78 is 12.6. The maximum atomic E-state index is 12.6. The molecule has 1 aliphatic carbocycles. The van der Waals surface area contributed by atoms with Gasteiger partial charge >= 0.3 is 0 Å². The van der Waals surface area contributed by atoms with Crippen molar-refractivity contribution >= 4 is 5.91 Å². The molecule has 7 nitrogen and oxygen atoms in total. The highest BCUT2D eigenvalue weighted by Gasteiger charge is 2.21. The van der Waals surface area contributed by atoms with Crippen LogP contribution in [0.3, 0.4) is 0 Å². The van der Waals surface area contributed by atoms with E-state index in [0.29, 0.717) is 30.2 Å². The van der Waals surface area contributed by atoms with Gasteiger partial charge in [-0.1, -0.05) is 0 Å². The topological polar surface area (TPSA) is 78.3 Å². The van der Waals surface area contributed by atoms with E-state index in [1.165, 1.54) is 24.1 Å². The lowest BCUT2D eigenvalue weighted by atomic mass is 9.94. The van der Waals surface area contributed by atoms with E-state index in [-0.39, 0.29) is 5.91 Å². The van der Waals surface area contributed by atoms with E-state index in [9.17, 15) is 4.79 Å². The van der Waals surface area contributed by atoms with E-state index in [2.05, 4.69) is 15.0 Å². The van der Waals surface area contributed by atoms with Gasteiger partial charge in [0, 0.05) is 41.3 Å². The fourth-order valence-corrected chi connectivity index (χ4v) is 3.95. The molecule has 7 heteroatoms. The Hall–Kier alpha value is -3.35. The molecule has 2 heterocycles. The molecule has 1 aliphatic rings. The number of amides is 1. The average Bonchev–Trinajstić information content (AvgIpc) is 3.18. The predicted octanol–water partition coefficient (Wildman–Crippen LogP) is 3.27. The van der Waals surface area contributed by atoms with Gasteiger partial charge in [-0.2, -0.15) is 5.10 Å². The van der Waals surface area contributed by atoms with Gasteiger partial charge in [-0.15, -0.1) is 0 Å². The fraction of sp³-hybridized carbons (Fsp3) is 0.348. The molecule has 0 spiro atoms. The third-order valence-corrected chi connectivity index (χ3v) is 5.47. The minimum absolute atomic E-state index is 0.147. The Morgan fingerprint density at radius 2 is 1.83 bits per heavy atom. The first-order valence-electron chi connectivity index (χ1n) is 10.2. The highest BCUT2D eigenvalue weighted by molar-refractivity contribution is 5.94. The zero-order valence-corrected chi connectivity index (χ0v) is 17.4. The van der Waals surface area contributed by atoms with E-state index in [1.807, 2.05) is 12.1 Å². The number of nitrogens with zero attached hydrogens (tertiary/aromatic N) is 3. The number of rotatable bonds is 7. The molecule has 2 aromatic heterocycles. The minimum atomic E-state index is -0.147. The average molecular weight is 406 g/mol. The zero-order valence-electron chi connectivity index (χ0n) is 17.4. The van der Waals surface area contributed by atoms with Crippen molar-refractivity contribution in [1.82, 2.24) is 20.1 Å². The Labute approximate surface area is 176 Å². The van der Waals surface area contributed by atoms with Crippen LogP contribution < -0.4 is 14.8 Å². The highest BCUT2D eigenvalue weighted by Crippen LogP contribution is 2.31. The van der Waals surface area contributed by atoms with Gasteiger partial charge in [0.05, 0.1) is 26.5 Å². The van der Waals surface area contributed by atoms with Crippen LogP contribution in [0, 0.1) is 0 Å². The van der Waals surface area contributed by atoms with Gasteiger partial charge in [0.25, 0.3) is 5.91 Å². The molecule has 0 aliphatic heterocycles. The normalized spacial score (nSPS) is 12.9. The van der Waals surface area contributed by atoms with Crippen molar-refractivity contribution in [3.05, 3.63) is 59.5 Å². The van der Waals surface area contributed by atoms with Crippen LogP contribution in [0.15, 0.2) is 42.7 Å². The Morgan fingerprint density at radius 1 is 1.07 bits per heavy atom. The molecule has 0 atom stereocenters. The number of ether oxygens (including phenoxy) is 2. The monoisotopic (exact) mass is 406 g/mol. The zero-order chi connectivity index (χ0) is 20.9. The summed E-state index contributed by atoms with van der Waals surface area (Å²) in [5.41, 5.74) is 5.29. The molecular weight excluding hydrogens is 380 g/mol. The summed E-state index contributed by atoms with van der Waals surface area (Å²) >= 11 is 0. The molecule has 0 fully saturated rings. The van der Waals surface area contributed by atoms with Crippen LogP contribution in [-0.4, -0.2) is 41.4 Å². The third kappa shape index (κ3) is 4.01. The van der Waals surface area contributed by atoms with E-state index in [4.69, 9.17) is 14.6 Å². The largest absolute Gasteiger partial charge is 0.493 e. The van der Waals surface area contributed by atoms with E-state index >= 15 is 0 Å². The number of benzene rings is 1. The molecular formula is C23H26N4O3. The first-order chi connectivity index (χ1) is 14.7. The second kappa shape index (κ2) is 8.98. The van der Waals surface area contributed by atoms with Crippen molar-refractivity contribution in [3.63, 3.8) is 0 Å². The minimum Gasteiger partial charge on any atom is -0.493 e. The quantitative estimate of drug-likeness (QED) is 0.652. The number of fused-ring (bicyclic) bond motifs is 1. The second-order valence-corrected chi connectivity index (χ2v) is 7.27. The van der Waals surface area contributed by atoms with Gasteiger partial charge in [-0.05, 0) is 56.0 Å². The first kappa shape index (κ1) is 19.9. The summed E-state index contributed by atoms with van der Waals surface area (Å²) in [6, 6.07) is 9.15. The second-order valence-electron chi connectivity index (χ2n) is 7.27. The summed E-state index contributed by atoms with van der Waals surface area (Å²) in [6.45, 7) is 1.13. The lowest BCUT2D eigenvalue weighted by Gasteiger charge is -2.15. The lowest BCUT2D eigenvalue weighted by molar-refractivity contribution is 0.0951. The Bertz CT molecular complexity index is 1030. The number of pyridine rings is 1. The molecule has 156 valence electrons. The molecule has 1 N–H and O–H groups in total. The third-order valence-electron chi connectivity index (χ3n) is 5.47. The highest BCUT2D eigenvalue weighted by atomic mass is 16.5. The summed E-state index contributed by atoms with van der Waals surface area (Å²) in [7, 11) is 3.13. The van der Waals surface area contributed by atoms with Crippen LogP contribution in [0.5, 0.6) is 11.5 Å². The molecule has 0 bridgehead atoms. The van der Waals surface area contributed by atoms with Crippen LogP contribution in [0.2, 0.25) is 0 Å². The van der Waals surface area contributed by atoms with Crippen molar-refractivity contribution in [2.45, 2.75) is 32.2 Å². The van der Waals surface area contributed by atoms with E-state index in [1.54, 1.807) is 44.8 Å². The molecule has 0 radical (unpaired) electrons. The number of nitrogens with one attached hydrogen (secondary N) is 1. The van der Waals surface area contributed by atoms with Gasteiger partial charge in [0.2, 0.25) is 0 Å². The van der Waals surface area contributed by atoms with Crippen LogP contribution >= 0.6 is 0 Å². The smallest absolute Gasteiger partial charge is 0.251 e. The van der Waals surface area contributed by atoms with Crippen molar-refractivity contribution < 1.29 is 14.3 Å².